The van der Waals surface area contributed by atoms with Gasteiger partial charge in [0.05, 0.1) is 15.1 Å². The SMILES string of the molecule is NC(=O)COc1c(Br)cc(C=C2C(=O)NN(c3ccccc3)C2=O)cc1[N+](=O)[O-]. The van der Waals surface area contributed by atoms with Gasteiger partial charge in [-0.05, 0) is 45.8 Å². The average Bonchev–Trinajstić information content (AvgIpc) is 2.95. The van der Waals surface area contributed by atoms with E-state index in [1.54, 1.807) is 30.3 Å². The fraction of sp³-hybridized carbons (Fsp3) is 0.0556. The fourth-order valence-electron chi connectivity index (χ4n) is 2.59. The van der Waals surface area contributed by atoms with Crippen molar-refractivity contribution >= 4 is 51.1 Å². The molecule has 0 aliphatic carbocycles. The number of anilines is 1. The van der Waals surface area contributed by atoms with Gasteiger partial charge in [-0.1, -0.05) is 18.2 Å². The van der Waals surface area contributed by atoms with Crippen LogP contribution in [0.5, 0.6) is 5.75 Å². The number of halogens is 1. The van der Waals surface area contributed by atoms with E-state index in [4.69, 9.17) is 10.5 Å². The number of carbonyl (C=O) groups is 3. The number of ether oxygens (including phenoxy) is 1. The van der Waals surface area contributed by atoms with E-state index in [0.29, 0.717) is 5.69 Å². The summed E-state index contributed by atoms with van der Waals surface area (Å²) in [4.78, 5) is 46.5. The number of benzene rings is 2. The van der Waals surface area contributed by atoms with Crippen molar-refractivity contribution in [1.29, 1.82) is 0 Å². The summed E-state index contributed by atoms with van der Waals surface area (Å²) in [5.41, 5.74) is 7.47. The van der Waals surface area contributed by atoms with Crippen LogP contribution in [0.2, 0.25) is 0 Å². The highest BCUT2D eigenvalue weighted by Gasteiger charge is 2.34. The molecule has 29 heavy (non-hydrogen) atoms. The molecular formula is C18H13BrN4O6. The first-order valence-electron chi connectivity index (χ1n) is 8.09. The Balaban J connectivity index is 1.97. The largest absolute Gasteiger partial charge is 0.476 e. The van der Waals surface area contributed by atoms with Crippen LogP contribution in [-0.2, 0) is 14.4 Å². The zero-order valence-electron chi connectivity index (χ0n) is 14.6. The zero-order chi connectivity index (χ0) is 21.1. The van der Waals surface area contributed by atoms with E-state index in [-0.39, 0.29) is 21.4 Å². The summed E-state index contributed by atoms with van der Waals surface area (Å²) in [5, 5.41) is 12.5. The third-order valence-electron chi connectivity index (χ3n) is 3.82. The van der Waals surface area contributed by atoms with Crippen molar-refractivity contribution in [1.82, 2.24) is 5.43 Å². The molecule has 3 rings (SSSR count). The standard InChI is InChI=1S/C18H13BrN4O6/c19-13-7-10(8-14(23(27)28)16(13)29-9-15(20)24)6-12-17(25)21-22(18(12)26)11-4-2-1-3-5-11/h1-8H,9H2,(H2,20,24)(H,21,25). The minimum absolute atomic E-state index is 0.158. The van der Waals surface area contributed by atoms with Crippen LogP contribution < -0.4 is 20.9 Å². The number of hydrazine groups is 1. The minimum atomic E-state index is -0.799. The molecule has 1 aliphatic heterocycles. The van der Waals surface area contributed by atoms with E-state index in [0.717, 1.165) is 11.1 Å². The van der Waals surface area contributed by atoms with Crippen molar-refractivity contribution < 1.29 is 24.0 Å². The van der Waals surface area contributed by atoms with Gasteiger partial charge in [0.2, 0.25) is 5.75 Å². The van der Waals surface area contributed by atoms with Gasteiger partial charge >= 0.3 is 5.69 Å². The van der Waals surface area contributed by atoms with Gasteiger partial charge < -0.3 is 10.5 Å². The molecule has 0 aromatic heterocycles. The van der Waals surface area contributed by atoms with Crippen LogP contribution in [0.3, 0.4) is 0 Å². The minimum Gasteiger partial charge on any atom is -0.476 e. The summed E-state index contributed by atoms with van der Waals surface area (Å²) >= 11 is 3.14. The lowest BCUT2D eigenvalue weighted by Gasteiger charge is -2.13. The normalized spacial score (nSPS) is 14.8. The van der Waals surface area contributed by atoms with E-state index in [9.17, 15) is 24.5 Å². The summed E-state index contributed by atoms with van der Waals surface area (Å²) in [6.07, 6.45) is 1.23. The Kier molecular flexibility index (Phi) is 5.59. The van der Waals surface area contributed by atoms with Gasteiger partial charge in [-0.15, -0.1) is 0 Å². The van der Waals surface area contributed by atoms with Gasteiger partial charge in [-0.3, -0.25) is 29.9 Å². The second-order valence-corrected chi connectivity index (χ2v) is 6.69. The first-order valence-corrected chi connectivity index (χ1v) is 8.88. The number of nitrogens with two attached hydrogens (primary N) is 1. The van der Waals surface area contributed by atoms with Crippen molar-refractivity contribution in [3.05, 3.63) is 68.2 Å². The number of carbonyl (C=O) groups excluding carboxylic acids is 3. The lowest BCUT2D eigenvalue weighted by molar-refractivity contribution is -0.385. The highest BCUT2D eigenvalue weighted by molar-refractivity contribution is 9.10. The van der Waals surface area contributed by atoms with Crippen molar-refractivity contribution in [3.63, 3.8) is 0 Å². The Morgan fingerprint density at radius 1 is 1.28 bits per heavy atom. The first kappa shape index (κ1) is 20.0. The van der Waals surface area contributed by atoms with Gasteiger partial charge in [0.1, 0.15) is 5.57 Å². The number of para-hydroxylation sites is 1. The fourth-order valence-corrected chi connectivity index (χ4v) is 3.17. The molecule has 3 amide bonds. The molecule has 1 fully saturated rings. The molecule has 0 bridgehead atoms. The molecule has 1 aliphatic rings. The average molecular weight is 461 g/mol. The van der Waals surface area contributed by atoms with E-state index in [2.05, 4.69) is 21.4 Å². The molecule has 3 N–H and O–H groups in total. The number of hydrogen-bond donors (Lipinski definition) is 2. The van der Waals surface area contributed by atoms with Crippen LogP contribution in [-0.4, -0.2) is 29.3 Å². The first-order chi connectivity index (χ1) is 13.8. The molecule has 0 unspecified atom stereocenters. The third kappa shape index (κ3) is 4.24. The van der Waals surface area contributed by atoms with Gasteiger partial charge in [0, 0.05) is 6.07 Å². The van der Waals surface area contributed by atoms with Crippen molar-refractivity contribution in [2.45, 2.75) is 0 Å². The molecule has 1 heterocycles. The predicted molar refractivity (Wildman–Crippen MR) is 106 cm³/mol. The maximum Gasteiger partial charge on any atom is 0.312 e. The summed E-state index contributed by atoms with van der Waals surface area (Å²) in [5.74, 6) is -2.24. The van der Waals surface area contributed by atoms with E-state index >= 15 is 0 Å². The Morgan fingerprint density at radius 3 is 2.59 bits per heavy atom. The molecular weight excluding hydrogens is 448 g/mol. The number of nitrogens with zero attached hydrogens (tertiary/aromatic N) is 2. The van der Waals surface area contributed by atoms with Crippen LogP contribution in [0, 0.1) is 10.1 Å². The second kappa shape index (κ2) is 8.10. The van der Waals surface area contributed by atoms with Crippen LogP contribution in [0.25, 0.3) is 6.08 Å². The number of amides is 3. The van der Waals surface area contributed by atoms with Crippen LogP contribution in [0.1, 0.15) is 5.56 Å². The van der Waals surface area contributed by atoms with Gasteiger partial charge in [-0.25, -0.2) is 5.01 Å². The molecule has 2 aromatic carbocycles. The van der Waals surface area contributed by atoms with E-state index in [1.807, 2.05) is 0 Å². The van der Waals surface area contributed by atoms with Crippen LogP contribution in [0.4, 0.5) is 11.4 Å². The van der Waals surface area contributed by atoms with Crippen molar-refractivity contribution in [3.8, 4) is 5.75 Å². The molecule has 148 valence electrons. The molecule has 0 radical (unpaired) electrons. The van der Waals surface area contributed by atoms with Gasteiger partial charge in [0.25, 0.3) is 17.7 Å². The highest BCUT2D eigenvalue weighted by atomic mass is 79.9. The summed E-state index contributed by atoms with van der Waals surface area (Å²) < 4.78 is 5.25. The number of nitro benzene ring substituents is 1. The number of hydrogen-bond acceptors (Lipinski definition) is 6. The predicted octanol–water partition coefficient (Wildman–Crippen LogP) is 1.68. The number of nitrogens with one attached hydrogen (secondary N) is 1. The monoisotopic (exact) mass is 460 g/mol. The number of primary amides is 1. The summed E-state index contributed by atoms with van der Waals surface area (Å²) in [6.45, 7) is -0.549. The number of rotatable bonds is 6. The molecule has 11 heteroatoms. The van der Waals surface area contributed by atoms with E-state index in [1.165, 1.54) is 12.1 Å². The van der Waals surface area contributed by atoms with Crippen molar-refractivity contribution in [2.24, 2.45) is 5.73 Å². The molecule has 0 saturated carbocycles. The Hall–Kier alpha value is -3.73. The maximum absolute atomic E-state index is 12.6. The zero-order valence-corrected chi connectivity index (χ0v) is 16.2. The lowest BCUT2D eigenvalue weighted by Crippen LogP contribution is -2.35. The van der Waals surface area contributed by atoms with Crippen molar-refractivity contribution in [2.75, 3.05) is 11.6 Å². The van der Waals surface area contributed by atoms with Crippen LogP contribution >= 0.6 is 15.9 Å². The molecule has 0 spiro atoms. The summed E-state index contributed by atoms with van der Waals surface area (Å²) in [6, 6.07) is 11.0. The summed E-state index contributed by atoms with van der Waals surface area (Å²) in [7, 11) is 0. The lowest BCUT2D eigenvalue weighted by atomic mass is 10.1. The molecule has 2 aromatic rings. The van der Waals surface area contributed by atoms with E-state index < -0.39 is 34.9 Å². The second-order valence-electron chi connectivity index (χ2n) is 5.84. The highest BCUT2D eigenvalue weighted by Crippen LogP contribution is 2.37. The van der Waals surface area contributed by atoms with Gasteiger partial charge in [0.15, 0.2) is 6.61 Å². The smallest absolute Gasteiger partial charge is 0.312 e. The maximum atomic E-state index is 12.6. The quantitative estimate of drug-likeness (QED) is 0.290. The Labute approximate surface area is 172 Å². The molecule has 1 saturated heterocycles. The Morgan fingerprint density at radius 2 is 1.97 bits per heavy atom. The third-order valence-corrected chi connectivity index (χ3v) is 4.41. The van der Waals surface area contributed by atoms with Gasteiger partial charge in [-0.2, -0.15) is 0 Å². The van der Waals surface area contributed by atoms with Crippen LogP contribution in [0.15, 0.2) is 52.5 Å². The Bertz CT molecular complexity index is 1050. The topological polar surface area (TPSA) is 145 Å². The number of nitro groups is 1. The molecule has 0 atom stereocenters. The molecule has 10 nitrogen and oxygen atoms in total.